The van der Waals surface area contributed by atoms with E-state index < -0.39 is 0 Å². The van der Waals surface area contributed by atoms with Crippen LogP contribution in [0, 0.1) is 11.3 Å². The molecule has 1 aromatic carbocycles. The molecule has 0 bridgehead atoms. The Hall–Kier alpha value is -1.14. The van der Waals surface area contributed by atoms with Gasteiger partial charge in [-0.05, 0) is 30.9 Å². The van der Waals surface area contributed by atoms with Crippen molar-refractivity contribution < 1.29 is 0 Å². The van der Waals surface area contributed by atoms with Crippen LogP contribution in [-0.4, -0.2) is 12.3 Å². The minimum Gasteiger partial charge on any atom is -0.381 e. The zero-order valence-corrected chi connectivity index (χ0v) is 9.97. The molecule has 0 radical (unpaired) electrons. The van der Waals surface area contributed by atoms with E-state index in [0.29, 0.717) is 6.42 Å². The normalized spacial score (nSPS) is 11.8. The maximum atomic E-state index is 8.65. The van der Waals surface area contributed by atoms with E-state index in [9.17, 15) is 0 Å². The quantitative estimate of drug-likeness (QED) is 0.771. The van der Waals surface area contributed by atoms with E-state index in [4.69, 9.17) is 5.26 Å². The number of nitrogens with one attached hydrogen (secondary N) is 1. The van der Waals surface area contributed by atoms with Crippen molar-refractivity contribution in [2.24, 2.45) is 0 Å². The molecule has 0 fully saturated rings. The van der Waals surface area contributed by atoms with Crippen molar-refractivity contribution in [3.8, 4) is 6.07 Å². The third-order valence-corrected chi connectivity index (χ3v) is 3.00. The summed E-state index contributed by atoms with van der Waals surface area (Å²) in [6.45, 7) is 2.09. The highest BCUT2D eigenvalue weighted by atomic mass is 32.2. The Labute approximate surface area is 95.7 Å². The summed E-state index contributed by atoms with van der Waals surface area (Å²) in [5.41, 5.74) is 1.10. The van der Waals surface area contributed by atoms with E-state index in [-0.39, 0.29) is 6.04 Å². The van der Waals surface area contributed by atoms with Crippen LogP contribution in [0.3, 0.4) is 0 Å². The minimum absolute atomic E-state index is 0.257. The lowest BCUT2D eigenvalue weighted by Gasteiger charge is -2.15. The smallest absolute Gasteiger partial charge is 0.0643 e. The highest BCUT2D eigenvalue weighted by Crippen LogP contribution is 2.20. The fraction of sp³-hybridized carbons (Fsp3) is 0.417. The fourth-order valence-corrected chi connectivity index (χ4v) is 1.82. The van der Waals surface area contributed by atoms with E-state index in [2.05, 4.69) is 36.7 Å². The molecule has 0 aliphatic rings. The number of anilines is 1. The van der Waals surface area contributed by atoms with Crippen LogP contribution in [0.1, 0.15) is 19.8 Å². The van der Waals surface area contributed by atoms with Crippen LogP contribution in [-0.2, 0) is 0 Å². The molecule has 0 saturated carbocycles. The van der Waals surface area contributed by atoms with Crippen LogP contribution < -0.4 is 5.32 Å². The third kappa shape index (κ3) is 3.85. The molecule has 3 heteroatoms. The molecular formula is C12H16N2S. The lowest BCUT2D eigenvalue weighted by Crippen LogP contribution is -2.17. The summed E-state index contributed by atoms with van der Waals surface area (Å²) in [5.74, 6) is 0. The summed E-state index contributed by atoms with van der Waals surface area (Å²) in [4.78, 5) is 1.24. The average Bonchev–Trinajstić information content (AvgIpc) is 2.29. The molecule has 1 unspecified atom stereocenters. The first-order valence-corrected chi connectivity index (χ1v) is 6.30. The summed E-state index contributed by atoms with van der Waals surface area (Å²) in [6.07, 6.45) is 3.59. The molecule has 0 saturated heterocycles. The maximum absolute atomic E-state index is 8.65. The topological polar surface area (TPSA) is 35.8 Å². The molecule has 1 N–H and O–H groups in total. The molecule has 0 aliphatic heterocycles. The SMILES string of the molecule is CCC(CC#N)Nc1cccc(SC)c1. The molecule has 1 atom stereocenters. The standard InChI is InChI=1S/C12H16N2S/c1-3-10(7-8-13)14-11-5-4-6-12(9-11)15-2/h4-6,9-10,14H,3,7H2,1-2H3. The number of nitriles is 1. The van der Waals surface area contributed by atoms with Crippen molar-refractivity contribution in [2.45, 2.75) is 30.7 Å². The van der Waals surface area contributed by atoms with Crippen molar-refractivity contribution in [1.29, 1.82) is 5.26 Å². The second kappa shape index (κ2) is 6.36. The van der Waals surface area contributed by atoms with Crippen LogP contribution in [0.5, 0.6) is 0 Å². The Morgan fingerprint density at radius 3 is 2.93 bits per heavy atom. The van der Waals surface area contributed by atoms with Gasteiger partial charge in [-0.15, -0.1) is 11.8 Å². The number of rotatable bonds is 5. The fourth-order valence-electron chi connectivity index (χ4n) is 1.36. The highest BCUT2D eigenvalue weighted by molar-refractivity contribution is 7.98. The predicted octanol–water partition coefficient (Wildman–Crippen LogP) is 3.51. The molecule has 80 valence electrons. The first-order chi connectivity index (χ1) is 7.30. The first-order valence-electron chi connectivity index (χ1n) is 5.07. The number of hydrogen-bond acceptors (Lipinski definition) is 3. The van der Waals surface area contributed by atoms with Gasteiger partial charge in [0.2, 0.25) is 0 Å². The summed E-state index contributed by atoms with van der Waals surface area (Å²) < 4.78 is 0. The Morgan fingerprint density at radius 1 is 1.53 bits per heavy atom. The Morgan fingerprint density at radius 2 is 2.33 bits per heavy atom. The van der Waals surface area contributed by atoms with Crippen molar-refractivity contribution in [3.05, 3.63) is 24.3 Å². The van der Waals surface area contributed by atoms with Gasteiger partial charge in [0, 0.05) is 16.6 Å². The number of hydrogen-bond donors (Lipinski definition) is 1. The van der Waals surface area contributed by atoms with Crippen molar-refractivity contribution in [3.63, 3.8) is 0 Å². The zero-order chi connectivity index (χ0) is 11.1. The van der Waals surface area contributed by atoms with Crippen LogP contribution in [0.25, 0.3) is 0 Å². The van der Waals surface area contributed by atoms with Gasteiger partial charge in [-0.3, -0.25) is 0 Å². The van der Waals surface area contributed by atoms with Gasteiger partial charge in [0.05, 0.1) is 12.5 Å². The van der Waals surface area contributed by atoms with Crippen molar-refractivity contribution in [2.75, 3.05) is 11.6 Å². The highest BCUT2D eigenvalue weighted by Gasteiger charge is 2.04. The van der Waals surface area contributed by atoms with E-state index in [0.717, 1.165) is 12.1 Å². The molecule has 1 rings (SSSR count). The van der Waals surface area contributed by atoms with Gasteiger partial charge in [-0.1, -0.05) is 13.0 Å². The lowest BCUT2D eigenvalue weighted by atomic mass is 10.1. The molecule has 1 aromatic rings. The van der Waals surface area contributed by atoms with Gasteiger partial charge < -0.3 is 5.32 Å². The summed E-state index contributed by atoms with van der Waals surface area (Å²) in [7, 11) is 0. The number of benzene rings is 1. The minimum atomic E-state index is 0.257. The first kappa shape index (κ1) is 11.9. The molecule has 0 spiro atoms. The van der Waals surface area contributed by atoms with Gasteiger partial charge in [-0.25, -0.2) is 0 Å². The number of nitrogens with zero attached hydrogens (tertiary/aromatic N) is 1. The molecule has 0 amide bonds. The van der Waals surface area contributed by atoms with Gasteiger partial charge in [-0.2, -0.15) is 5.26 Å². The Balaban J connectivity index is 2.66. The van der Waals surface area contributed by atoms with Crippen LogP contribution in [0.15, 0.2) is 29.2 Å². The van der Waals surface area contributed by atoms with Crippen molar-refractivity contribution in [1.82, 2.24) is 0 Å². The van der Waals surface area contributed by atoms with Crippen LogP contribution in [0.4, 0.5) is 5.69 Å². The van der Waals surface area contributed by atoms with Crippen LogP contribution in [0.2, 0.25) is 0 Å². The zero-order valence-electron chi connectivity index (χ0n) is 9.16. The molecule has 15 heavy (non-hydrogen) atoms. The molecule has 0 aromatic heterocycles. The van der Waals surface area contributed by atoms with E-state index >= 15 is 0 Å². The van der Waals surface area contributed by atoms with Gasteiger partial charge in [0.1, 0.15) is 0 Å². The van der Waals surface area contributed by atoms with Gasteiger partial charge in [0.15, 0.2) is 0 Å². The summed E-state index contributed by atoms with van der Waals surface area (Å²) in [5, 5.41) is 12.0. The monoisotopic (exact) mass is 220 g/mol. The van der Waals surface area contributed by atoms with Crippen LogP contribution >= 0.6 is 11.8 Å². The average molecular weight is 220 g/mol. The molecule has 0 heterocycles. The van der Waals surface area contributed by atoms with Gasteiger partial charge in [0.25, 0.3) is 0 Å². The number of thioether (sulfide) groups is 1. The summed E-state index contributed by atoms with van der Waals surface area (Å²) >= 11 is 1.73. The molecular weight excluding hydrogens is 204 g/mol. The maximum Gasteiger partial charge on any atom is 0.0643 e. The Bertz CT molecular complexity index is 344. The van der Waals surface area contributed by atoms with E-state index in [1.165, 1.54) is 4.90 Å². The van der Waals surface area contributed by atoms with E-state index in [1.807, 2.05) is 12.1 Å². The summed E-state index contributed by atoms with van der Waals surface area (Å²) in [6, 6.07) is 10.7. The largest absolute Gasteiger partial charge is 0.381 e. The molecule has 0 aliphatic carbocycles. The van der Waals surface area contributed by atoms with Crippen molar-refractivity contribution >= 4 is 17.4 Å². The second-order valence-electron chi connectivity index (χ2n) is 3.34. The second-order valence-corrected chi connectivity index (χ2v) is 4.22. The third-order valence-electron chi connectivity index (χ3n) is 2.27. The Kier molecular flexibility index (Phi) is 5.06. The van der Waals surface area contributed by atoms with Gasteiger partial charge >= 0.3 is 0 Å². The predicted molar refractivity (Wildman–Crippen MR) is 66.2 cm³/mol. The molecule has 2 nitrogen and oxygen atoms in total. The van der Waals surface area contributed by atoms with E-state index in [1.54, 1.807) is 11.8 Å². The lowest BCUT2D eigenvalue weighted by molar-refractivity contribution is 0.711.